The van der Waals surface area contributed by atoms with Crippen LogP contribution in [0, 0.1) is 0 Å². The first-order valence-corrected chi connectivity index (χ1v) is 55.5. The van der Waals surface area contributed by atoms with E-state index in [-0.39, 0.29) is 0 Å². The number of aryl methyl sites for hydroxylation is 1. The lowest BCUT2D eigenvalue weighted by atomic mass is 10.0. The molecule has 28 bridgehead atoms. The molecule has 0 aliphatic carbocycles. The average Bonchev–Trinajstić information content (AvgIpc) is 1.64. The predicted molar refractivity (Wildman–Crippen MR) is 592 cm³/mol. The van der Waals surface area contributed by atoms with Crippen molar-refractivity contribution in [1.82, 2.24) is 39.5 Å². The van der Waals surface area contributed by atoms with Crippen LogP contribution in [0.1, 0.15) is 381 Å². The summed E-state index contributed by atoms with van der Waals surface area (Å²) in [5.74, 6) is 5.93. The van der Waals surface area contributed by atoms with Gasteiger partial charge in [0.05, 0.1) is 104 Å². The van der Waals surface area contributed by atoms with E-state index < -0.39 is 0 Å². The molecule has 0 spiro atoms. The van der Waals surface area contributed by atoms with Crippen molar-refractivity contribution >= 4 is 92.7 Å². The topological polar surface area (TPSA) is 178 Å². The second-order valence-corrected chi connectivity index (χ2v) is 39.8. The summed E-state index contributed by atoms with van der Waals surface area (Å²) in [6, 6.07) is 51.8. The molecule has 0 fully saturated rings. The third-order valence-corrected chi connectivity index (χ3v) is 28.3. The van der Waals surface area contributed by atoms with E-state index in [1.54, 1.807) is 0 Å². The number of ether oxygens (including phenoxy) is 8. The molecular formula is C125H162N8O8. The lowest BCUT2D eigenvalue weighted by Crippen LogP contribution is -2.04. The van der Waals surface area contributed by atoms with Gasteiger partial charge in [0, 0.05) is 67.9 Å². The summed E-state index contributed by atoms with van der Waals surface area (Å²) in [6.45, 7) is 13.7. The molecule has 750 valence electrons. The molecule has 141 heavy (non-hydrogen) atoms. The molecule has 0 saturated heterocycles. The smallest absolute Gasteiger partial charge is 0.161 e. The van der Waals surface area contributed by atoms with Gasteiger partial charge in [0.2, 0.25) is 0 Å². The summed E-state index contributed by atoms with van der Waals surface area (Å²) in [6.07, 6.45) is 74.5. The maximum absolute atomic E-state index is 7.00. The van der Waals surface area contributed by atoms with Crippen molar-refractivity contribution in [3.8, 4) is 90.5 Å². The third-order valence-electron chi connectivity index (χ3n) is 28.3. The van der Waals surface area contributed by atoms with Crippen molar-refractivity contribution < 1.29 is 37.9 Å². The SMILES string of the molecule is CCCCCCCCCCCCOc1ccc2cc1OCCCCCCOc1cc(ccc1OCCCCCCCCCCCC)-c1c3nc(cc4ccc(c(c5nc(cc6ccc1[nH]6)C=C5)-c1ccc(OCCCCCCCCCCCC)c(c1)OCCCCCCOc1cc(ccc1OCCCCCCCCCCCC)-c1c5nc(cc6ccc([nH]6)c-2c2nc(cc6ccc1[nH]6)C=C2)C=C5)n4C)C=C3. The maximum atomic E-state index is 7.00. The molecule has 4 aromatic carbocycles. The molecule has 0 amide bonds. The lowest BCUT2D eigenvalue weighted by molar-refractivity contribution is 0.251. The summed E-state index contributed by atoms with van der Waals surface area (Å²) >= 11 is 0. The molecule has 3 N–H and O–H groups in total. The van der Waals surface area contributed by atoms with Gasteiger partial charge in [-0.15, -0.1) is 0 Å². The van der Waals surface area contributed by atoms with Crippen LogP contribution in [0.25, 0.3) is 137 Å². The number of H-pyrrole nitrogens is 3. The van der Waals surface area contributed by atoms with Gasteiger partial charge in [0.15, 0.2) is 46.0 Å². The van der Waals surface area contributed by atoms with Crippen LogP contribution in [0.5, 0.6) is 46.0 Å². The molecule has 18 rings (SSSR count). The van der Waals surface area contributed by atoms with E-state index >= 15 is 0 Å². The van der Waals surface area contributed by atoms with Crippen molar-refractivity contribution in [3.05, 3.63) is 191 Å². The standard InChI is InChI=1S/C125H162N8O8/c1-6-10-14-18-22-26-30-34-38-46-78-134-114-74-54-94-86-118(114)138-82-50-42-43-51-84-140-120-88-96(56-76-116(120)136-80-48-40-36-32-28-24-20-16-12-8-3)124-110-70-62-102(130-110)92-103-63-72-112(131-103)125(113-73-65-105(133(113)5)93-104-64-71-111(124)132-104)97-57-77-117(137-81-49-41-37-33-29-25-21-17-13-9-4)121(89-97)141-85-53-45-44-52-83-139-119-87-95(55-75-115(119)135-79-47-39-35-31-27-23-19-15-11-7-2)123-108-68-60-100(128-108)90-98-58-66-106(126-98)122(94)107-67-59-99(127-107)91-101-61-69-109(123)129-101/h54-77,86-93,126,129-130H,6-53,78-85H2,1-5H3. The summed E-state index contributed by atoms with van der Waals surface area (Å²) in [4.78, 5) is 33.3. The Bertz CT molecular complexity index is 6010. The molecule has 8 aliphatic rings. The molecular weight excluding hydrogens is 1740 g/mol. The second-order valence-electron chi connectivity index (χ2n) is 39.8. The maximum Gasteiger partial charge on any atom is 0.161 e. The highest BCUT2D eigenvalue weighted by Gasteiger charge is 2.23. The van der Waals surface area contributed by atoms with Gasteiger partial charge in [-0.25, -0.2) is 19.9 Å². The van der Waals surface area contributed by atoms with Crippen LogP contribution in [-0.2, 0) is 7.05 Å². The van der Waals surface area contributed by atoms with Gasteiger partial charge in [-0.1, -0.05) is 283 Å². The zero-order valence-electron chi connectivity index (χ0n) is 86.1. The van der Waals surface area contributed by atoms with E-state index in [1.165, 1.54) is 205 Å². The summed E-state index contributed by atoms with van der Waals surface area (Å²) in [5, 5.41) is 0. The Kier molecular flexibility index (Phi) is 42.4. The molecule has 16 heteroatoms. The van der Waals surface area contributed by atoms with E-state index in [0.29, 0.717) is 52.9 Å². The number of nitrogens with zero attached hydrogens (tertiary/aromatic N) is 5. The average molecular weight is 1900 g/mol. The van der Waals surface area contributed by atoms with Crippen LogP contribution < -0.4 is 37.9 Å². The number of unbranched alkanes of at least 4 members (excludes halogenated alkanes) is 36. The van der Waals surface area contributed by atoms with Crippen LogP contribution in [0.3, 0.4) is 0 Å². The van der Waals surface area contributed by atoms with Crippen molar-refractivity contribution in [1.29, 1.82) is 0 Å². The van der Waals surface area contributed by atoms with E-state index in [9.17, 15) is 0 Å². The Balaban J connectivity index is 0.757. The number of rotatable bonds is 48. The van der Waals surface area contributed by atoms with Gasteiger partial charge in [0.1, 0.15) is 0 Å². The van der Waals surface area contributed by atoms with Gasteiger partial charge in [0.25, 0.3) is 0 Å². The van der Waals surface area contributed by atoms with E-state index in [1.807, 2.05) is 0 Å². The number of nitrogens with one attached hydrogen (secondary N) is 3. The van der Waals surface area contributed by atoms with Crippen molar-refractivity contribution in [2.24, 2.45) is 7.05 Å². The molecule has 0 saturated carbocycles. The van der Waals surface area contributed by atoms with Crippen molar-refractivity contribution in [3.63, 3.8) is 0 Å². The summed E-state index contributed by atoms with van der Waals surface area (Å²) in [5.41, 5.74) is 22.1. The van der Waals surface area contributed by atoms with Crippen LogP contribution in [0.2, 0.25) is 0 Å². The Hall–Kier alpha value is -11.5. The Morgan fingerprint density at radius 2 is 0.496 bits per heavy atom. The second kappa shape index (κ2) is 57.5. The van der Waals surface area contributed by atoms with Gasteiger partial charge in [-0.3, -0.25) is 0 Å². The minimum atomic E-state index is 0.520. The molecule has 6 aromatic heterocycles. The largest absolute Gasteiger partial charge is 0.490 e. The highest BCUT2D eigenvalue weighted by atomic mass is 16.5. The fourth-order valence-corrected chi connectivity index (χ4v) is 20.1. The van der Waals surface area contributed by atoms with Crippen molar-refractivity contribution in [2.45, 2.75) is 336 Å². The van der Waals surface area contributed by atoms with Crippen LogP contribution >= 0.6 is 0 Å². The molecule has 0 atom stereocenters. The molecule has 8 aliphatic heterocycles. The highest BCUT2D eigenvalue weighted by Crippen LogP contribution is 2.44. The van der Waals surface area contributed by atoms with Crippen LogP contribution in [0.15, 0.2) is 146 Å². The monoisotopic (exact) mass is 1900 g/mol. The molecule has 14 heterocycles. The minimum absolute atomic E-state index is 0.520. The first kappa shape index (κ1) is 104. The lowest BCUT2D eigenvalue weighted by Gasteiger charge is -2.16. The van der Waals surface area contributed by atoms with E-state index in [4.69, 9.17) is 57.8 Å². The Labute approximate surface area is 842 Å². The number of aromatic nitrogens is 8. The van der Waals surface area contributed by atoms with E-state index in [0.717, 1.165) is 283 Å². The summed E-state index contributed by atoms with van der Waals surface area (Å²) in [7, 11) is 2.15. The molecule has 16 nitrogen and oxygen atoms in total. The van der Waals surface area contributed by atoms with Gasteiger partial charge >= 0.3 is 0 Å². The normalized spacial score (nSPS) is 13.5. The van der Waals surface area contributed by atoms with Gasteiger partial charge in [-0.05, 0) is 269 Å². The first-order valence-electron chi connectivity index (χ1n) is 55.5. The first-order chi connectivity index (χ1) is 69.7. The Morgan fingerprint density at radius 1 is 0.248 bits per heavy atom. The number of aromatic amines is 3. The number of hydrogen-bond acceptors (Lipinski definition) is 12. The van der Waals surface area contributed by atoms with E-state index in [2.05, 4.69) is 248 Å². The van der Waals surface area contributed by atoms with Crippen LogP contribution in [0.4, 0.5) is 0 Å². The fourth-order valence-electron chi connectivity index (χ4n) is 20.1. The predicted octanol–water partition coefficient (Wildman–Crippen LogP) is 35.9. The third kappa shape index (κ3) is 31.7. The fraction of sp³-hybridized carbons (Fsp3) is 0.488. The Morgan fingerprint density at radius 3 is 0.773 bits per heavy atom. The van der Waals surface area contributed by atoms with Crippen molar-refractivity contribution in [2.75, 3.05) is 52.9 Å². The summed E-state index contributed by atoms with van der Waals surface area (Å²) < 4.78 is 57.3. The highest BCUT2D eigenvalue weighted by molar-refractivity contribution is 5.97. The number of hydrogen-bond donors (Lipinski definition) is 3. The number of benzene rings is 4. The van der Waals surface area contributed by atoms with Crippen LogP contribution in [-0.4, -0.2) is 92.3 Å². The quantitative estimate of drug-likeness (QED) is 0.0308. The van der Waals surface area contributed by atoms with Gasteiger partial charge in [-0.2, -0.15) is 0 Å². The molecule has 0 radical (unpaired) electrons. The molecule has 0 unspecified atom stereocenters. The van der Waals surface area contributed by atoms with Gasteiger partial charge < -0.3 is 57.4 Å². The molecule has 10 aromatic rings. The minimum Gasteiger partial charge on any atom is -0.490 e. The zero-order chi connectivity index (χ0) is 96.9. The zero-order valence-corrected chi connectivity index (χ0v) is 86.1.